The predicted molar refractivity (Wildman–Crippen MR) is 123 cm³/mol. The van der Waals surface area contributed by atoms with E-state index in [9.17, 15) is 27.7 Å². The minimum atomic E-state index is -4.73. The van der Waals surface area contributed by atoms with E-state index < -0.39 is 32.3 Å². The molecule has 2 radical (unpaired) electrons. The predicted octanol–water partition coefficient (Wildman–Crippen LogP) is 1.47. The van der Waals surface area contributed by atoms with Gasteiger partial charge in [0.1, 0.15) is 10.1 Å². The van der Waals surface area contributed by atoms with Gasteiger partial charge in [0.15, 0.2) is 0 Å². The third-order valence-corrected chi connectivity index (χ3v) is 4.86. The van der Waals surface area contributed by atoms with Crippen LogP contribution in [-0.2, 0) is 14.9 Å². The number of aromatic carboxylic acids is 1. The molecule has 2 heterocycles. The number of amides is 1. The van der Waals surface area contributed by atoms with Crippen molar-refractivity contribution < 1.29 is 32.8 Å². The van der Waals surface area contributed by atoms with E-state index in [-0.39, 0.29) is 27.3 Å². The molecule has 12 heteroatoms. The van der Waals surface area contributed by atoms with Crippen LogP contribution in [0.2, 0.25) is 0 Å². The van der Waals surface area contributed by atoms with Crippen molar-refractivity contribution in [1.82, 2.24) is 14.9 Å². The Morgan fingerprint density at radius 3 is 1.82 bits per heavy atom. The van der Waals surface area contributed by atoms with Crippen molar-refractivity contribution >= 4 is 71.6 Å². The number of fused-ring (bicyclic) bond motifs is 3. The number of carboxylic acids is 1. The minimum absolute atomic E-state index is 0. The summed E-state index contributed by atoms with van der Waals surface area (Å²) in [5.41, 5.74) is 1.22. The number of nitrogens with zero attached hydrogens (tertiary/aromatic N) is 3. The smallest absolute Gasteiger partial charge is 0.872 e. The maximum absolute atomic E-state index is 10.9. The second kappa shape index (κ2) is 12.9. The number of carboxylic acid groups (broad SMARTS) is 1. The molecule has 34 heavy (non-hydrogen) atoms. The Kier molecular flexibility index (Phi) is 11.0. The third kappa shape index (κ3) is 8.00. The zero-order valence-corrected chi connectivity index (χ0v) is 22.8. The van der Waals surface area contributed by atoms with Crippen molar-refractivity contribution in [2.45, 2.75) is 4.90 Å². The van der Waals surface area contributed by atoms with Gasteiger partial charge in [0.05, 0.1) is 21.5 Å². The average molecular weight is 677 g/mol. The van der Waals surface area contributed by atoms with Gasteiger partial charge in [-0.1, -0.05) is 36.1 Å². The summed E-state index contributed by atoms with van der Waals surface area (Å²) >= 11 is 0. The monoisotopic (exact) mass is 677 g/mol. The molecule has 0 spiro atoms. The number of hydrogen-bond donors (Lipinski definition) is 1. The van der Waals surface area contributed by atoms with Crippen LogP contribution in [0.15, 0.2) is 71.9 Å². The molecule has 0 saturated heterocycles. The number of pyridine rings is 2. The standard InChI is InChI=1S/C12H8N2.C7H6O6S.C3H7NO.Pb/c1-3-9-5-6-10-4-2-8-14-12(10)11(9)13-7-1;8-6-2-1-4(14(11,12)13)3-5(6)7(9)10;1-4(2)3-5;/h1-8H;1-3,8H,(H,9,10)(H,11,12,13);3H,1-2H3;/q;;;+2/p-2. The van der Waals surface area contributed by atoms with Crippen molar-refractivity contribution in [1.29, 1.82) is 0 Å². The van der Waals surface area contributed by atoms with Gasteiger partial charge in [-0.2, -0.15) is 0 Å². The van der Waals surface area contributed by atoms with Gasteiger partial charge in [-0.05, 0) is 24.3 Å². The van der Waals surface area contributed by atoms with Crippen LogP contribution in [0.4, 0.5) is 0 Å². The molecule has 4 aromatic rings. The number of hydrogen-bond acceptors (Lipinski definition) is 8. The number of carbonyl (C=O) groups excluding carboxylic acids is 1. The van der Waals surface area contributed by atoms with Crippen LogP contribution >= 0.6 is 0 Å². The van der Waals surface area contributed by atoms with E-state index >= 15 is 0 Å². The SMILES string of the molecule is CN(C)C=O.O=C(O)c1cc(S(=O)(=O)[O-])ccc1[O-].[Pb+2].c1cnc2c(c1)ccc1cccnc12. The van der Waals surface area contributed by atoms with Crippen LogP contribution in [0.1, 0.15) is 10.4 Å². The Bertz CT molecular complexity index is 1340. The Morgan fingerprint density at radius 2 is 1.44 bits per heavy atom. The van der Waals surface area contributed by atoms with E-state index in [2.05, 4.69) is 34.2 Å². The van der Waals surface area contributed by atoms with Crippen molar-refractivity contribution in [3.05, 3.63) is 72.6 Å². The summed E-state index contributed by atoms with van der Waals surface area (Å²) in [6, 6.07) is 14.2. The molecule has 0 fully saturated rings. The fourth-order valence-electron chi connectivity index (χ4n) is 2.51. The molecule has 2 aromatic carbocycles. The van der Waals surface area contributed by atoms with Gasteiger partial charge >= 0.3 is 33.3 Å². The van der Waals surface area contributed by atoms with Crippen molar-refractivity contribution in [2.24, 2.45) is 0 Å². The van der Waals surface area contributed by atoms with Gasteiger partial charge in [-0.3, -0.25) is 14.8 Å². The van der Waals surface area contributed by atoms with Crippen LogP contribution in [0.25, 0.3) is 21.8 Å². The molecule has 10 nitrogen and oxygen atoms in total. The maximum atomic E-state index is 10.9. The Morgan fingerprint density at radius 1 is 0.971 bits per heavy atom. The number of aromatic nitrogens is 2. The maximum Gasteiger partial charge on any atom is 2.00 e. The molecular formula is C22H19N3O7PbS. The van der Waals surface area contributed by atoms with E-state index in [1.54, 1.807) is 26.5 Å². The van der Waals surface area contributed by atoms with E-state index in [0.29, 0.717) is 6.07 Å². The van der Waals surface area contributed by atoms with Gasteiger partial charge in [-0.15, -0.1) is 0 Å². The molecule has 0 atom stereocenters. The van der Waals surface area contributed by atoms with Gasteiger partial charge in [-0.25, -0.2) is 13.2 Å². The summed E-state index contributed by atoms with van der Waals surface area (Å²) in [7, 11) is -1.35. The Hall–Kier alpha value is -3.17. The molecular weight excluding hydrogens is 658 g/mol. The summed E-state index contributed by atoms with van der Waals surface area (Å²) < 4.78 is 31.4. The first-order valence-electron chi connectivity index (χ1n) is 9.25. The van der Waals surface area contributed by atoms with Crippen molar-refractivity contribution in [2.75, 3.05) is 14.1 Å². The zero-order chi connectivity index (χ0) is 24.6. The fraction of sp³-hybridized carbons (Fsp3) is 0.0909. The van der Waals surface area contributed by atoms with E-state index in [4.69, 9.17) is 5.11 Å². The zero-order valence-electron chi connectivity index (χ0n) is 18.1. The number of rotatable bonds is 3. The number of carbonyl (C=O) groups is 2. The van der Waals surface area contributed by atoms with Crippen LogP contribution in [0, 0.1) is 0 Å². The molecule has 0 bridgehead atoms. The third-order valence-electron chi connectivity index (χ3n) is 4.03. The molecule has 2 aromatic heterocycles. The average Bonchev–Trinajstić information content (AvgIpc) is 2.79. The fourth-order valence-corrected chi connectivity index (χ4v) is 3.01. The largest absolute Gasteiger partial charge is 2.00 e. The second-order valence-corrected chi connectivity index (χ2v) is 8.08. The molecule has 0 aliphatic carbocycles. The van der Waals surface area contributed by atoms with Gasteiger partial charge < -0.3 is 19.7 Å². The topological polar surface area (TPSA) is 164 Å². The summed E-state index contributed by atoms with van der Waals surface area (Å²) in [5, 5.41) is 21.6. The number of benzene rings is 2. The van der Waals surface area contributed by atoms with Gasteiger partial charge in [0.25, 0.3) is 0 Å². The first-order valence-corrected chi connectivity index (χ1v) is 10.7. The quantitative estimate of drug-likeness (QED) is 0.147. The molecule has 0 saturated carbocycles. The van der Waals surface area contributed by atoms with Crippen LogP contribution in [-0.4, -0.2) is 86.7 Å². The summed E-state index contributed by atoms with van der Waals surface area (Å²) in [6.45, 7) is 0. The van der Waals surface area contributed by atoms with Crippen molar-refractivity contribution in [3.8, 4) is 5.75 Å². The van der Waals surface area contributed by atoms with Crippen LogP contribution < -0.4 is 5.11 Å². The molecule has 0 aliphatic heterocycles. The summed E-state index contributed by atoms with van der Waals surface area (Å²) in [6.07, 6.45) is 4.35. The molecule has 1 N–H and O–H groups in total. The minimum Gasteiger partial charge on any atom is -0.872 e. The van der Waals surface area contributed by atoms with E-state index in [1.165, 1.54) is 4.90 Å². The molecule has 4 rings (SSSR count). The molecule has 1 amide bonds. The summed E-state index contributed by atoms with van der Waals surface area (Å²) in [5.74, 6) is -2.41. The van der Waals surface area contributed by atoms with Gasteiger partial charge in [0, 0.05) is 37.3 Å². The van der Waals surface area contributed by atoms with Crippen LogP contribution in [0.3, 0.4) is 0 Å². The second-order valence-electron chi connectivity index (χ2n) is 6.70. The molecule has 0 unspecified atom stereocenters. The molecule has 0 aliphatic rings. The Balaban J connectivity index is 0.000000278. The van der Waals surface area contributed by atoms with Crippen molar-refractivity contribution in [3.63, 3.8) is 0 Å². The first kappa shape index (κ1) is 28.9. The first-order chi connectivity index (χ1) is 15.5. The Labute approximate surface area is 215 Å². The normalized spacial score (nSPS) is 10.1. The van der Waals surface area contributed by atoms with E-state index in [0.717, 1.165) is 40.3 Å². The van der Waals surface area contributed by atoms with Gasteiger partial charge in [0.2, 0.25) is 6.41 Å². The van der Waals surface area contributed by atoms with E-state index in [1.807, 2.05) is 12.1 Å². The van der Waals surface area contributed by atoms with Crippen LogP contribution in [0.5, 0.6) is 5.75 Å². The molecule has 174 valence electrons. The summed E-state index contributed by atoms with van der Waals surface area (Å²) in [4.78, 5) is 29.2.